The molecule has 0 bridgehead atoms. The molecule has 0 unspecified atom stereocenters. The Balaban J connectivity index is 1.10. The van der Waals surface area contributed by atoms with Crippen molar-refractivity contribution in [3.8, 4) is 6.01 Å². The fourth-order valence-corrected chi connectivity index (χ4v) is 10.2. The van der Waals surface area contributed by atoms with E-state index in [0.29, 0.717) is 32.3 Å². The Hall–Kier alpha value is -2.95. The molecule has 49 heavy (non-hydrogen) atoms. The first kappa shape index (κ1) is 34.5. The van der Waals surface area contributed by atoms with Gasteiger partial charge in [-0.1, -0.05) is 35.9 Å². The zero-order valence-electron chi connectivity index (χ0n) is 28.9. The summed E-state index contributed by atoms with van der Waals surface area (Å²) in [6.45, 7) is 10.2. The smallest absolute Gasteiger partial charge is 0.340 e. The van der Waals surface area contributed by atoms with Gasteiger partial charge in [0.1, 0.15) is 18.6 Å². The van der Waals surface area contributed by atoms with E-state index >= 15 is 0 Å². The van der Waals surface area contributed by atoms with Gasteiger partial charge in [0, 0.05) is 55.8 Å². The minimum Gasteiger partial charge on any atom is -0.461 e. The molecule has 264 valence electrons. The van der Waals surface area contributed by atoms with Crippen molar-refractivity contribution >= 4 is 47.4 Å². The largest absolute Gasteiger partial charge is 0.461 e. The van der Waals surface area contributed by atoms with Gasteiger partial charge in [0.25, 0.3) is 0 Å². The Morgan fingerprint density at radius 1 is 1.04 bits per heavy atom. The van der Waals surface area contributed by atoms with Gasteiger partial charge in [-0.15, -0.1) is 0 Å². The summed E-state index contributed by atoms with van der Waals surface area (Å²) in [7, 11) is -1.37. The highest BCUT2D eigenvalue weighted by molar-refractivity contribution is 7.54. The number of ether oxygens (including phenoxy) is 1. The molecule has 3 fully saturated rings. The molecule has 3 aromatic rings. The number of nitrogens with zero attached hydrogens (tertiary/aromatic N) is 6. The van der Waals surface area contributed by atoms with E-state index in [2.05, 4.69) is 46.0 Å². The zero-order chi connectivity index (χ0) is 34.2. The van der Waals surface area contributed by atoms with Crippen LogP contribution in [0.5, 0.6) is 6.01 Å². The molecule has 1 amide bonds. The fourth-order valence-electron chi connectivity index (χ4n) is 8.32. The molecule has 2 aromatic carbocycles. The highest BCUT2D eigenvalue weighted by atomic mass is 35.5. The summed E-state index contributed by atoms with van der Waals surface area (Å²) in [4.78, 5) is 32.0. The molecule has 4 aliphatic rings. The van der Waals surface area contributed by atoms with Crippen molar-refractivity contribution in [1.29, 1.82) is 0 Å². The van der Waals surface area contributed by atoms with Crippen LogP contribution in [0, 0.1) is 5.92 Å². The van der Waals surface area contributed by atoms with Gasteiger partial charge in [-0.2, -0.15) is 9.97 Å². The van der Waals surface area contributed by atoms with E-state index in [-0.39, 0.29) is 36.7 Å². The van der Waals surface area contributed by atoms with E-state index in [1.807, 2.05) is 12.1 Å². The van der Waals surface area contributed by atoms with Crippen molar-refractivity contribution < 1.29 is 23.1 Å². The maximum absolute atomic E-state index is 13.0. The first-order valence-corrected chi connectivity index (χ1v) is 19.9. The van der Waals surface area contributed by atoms with E-state index in [9.17, 15) is 9.36 Å². The van der Waals surface area contributed by atoms with E-state index in [4.69, 9.17) is 35.4 Å². The summed E-state index contributed by atoms with van der Waals surface area (Å²) in [5.41, 5.74) is 3.31. The zero-order valence-corrected chi connectivity index (χ0v) is 30.6. The summed E-state index contributed by atoms with van der Waals surface area (Å²) in [6, 6.07) is 12.8. The average molecular weight is 711 g/mol. The number of hydrogen-bond donors (Lipinski definition) is 0. The third-order valence-corrected chi connectivity index (χ3v) is 12.9. The maximum Gasteiger partial charge on any atom is 0.340 e. The van der Waals surface area contributed by atoms with Crippen LogP contribution in [0.2, 0.25) is 5.02 Å². The summed E-state index contributed by atoms with van der Waals surface area (Å²) < 4.78 is 30.2. The van der Waals surface area contributed by atoms with Crippen LogP contribution in [0.25, 0.3) is 10.8 Å². The second kappa shape index (κ2) is 14.3. The average Bonchev–Trinajstić information content (AvgIpc) is 3.65. The molecule has 0 spiro atoms. The SMILES string of the molecule is CCOP(=O)(CC(=O)N1CC(CN(C)c2nc(OCC34CCCN3CCC4)nc3c2CCN(c2cccc4cccc(Cl)c24)C3)C1)OCC. The monoisotopic (exact) mass is 710 g/mol. The normalized spacial score (nSPS) is 19.2. The Kier molecular flexibility index (Phi) is 10.1. The number of carbonyl (C=O) groups excluding carboxylic acids is 1. The molecule has 5 heterocycles. The van der Waals surface area contributed by atoms with Gasteiger partial charge < -0.3 is 28.5 Å². The highest BCUT2D eigenvalue weighted by Crippen LogP contribution is 2.48. The van der Waals surface area contributed by atoms with E-state index in [1.165, 1.54) is 12.8 Å². The molecular weight excluding hydrogens is 663 g/mol. The van der Waals surface area contributed by atoms with Crippen LogP contribution in [0.1, 0.15) is 50.8 Å². The number of fused-ring (bicyclic) bond motifs is 3. The van der Waals surface area contributed by atoms with Crippen LogP contribution >= 0.6 is 19.2 Å². The Labute approximate surface area is 294 Å². The molecule has 1 aromatic heterocycles. The van der Waals surface area contributed by atoms with Crippen molar-refractivity contribution in [3.05, 3.63) is 52.7 Å². The fraction of sp³-hybridized carbons (Fsp3) is 0.583. The lowest BCUT2D eigenvalue weighted by molar-refractivity contribution is -0.134. The van der Waals surface area contributed by atoms with E-state index < -0.39 is 7.60 Å². The van der Waals surface area contributed by atoms with Crippen molar-refractivity contribution in [1.82, 2.24) is 19.8 Å². The van der Waals surface area contributed by atoms with Gasteiger partial charge in [-0.3, -0.25) is 14.3 Å². The molecule has 13 heteroatoms. The number of amides is 1. The predicted octanol–water partition coefficient (Wildman–Crippen LogP) is 6.01. The number of hydrogen-bond acceptors (Lipinski definition) is 10. The number of aromatic nitrogens is 2. The minimum atomic E-state index is -3.44. The second-order valence-electron chi connectivity index (χ2n) is 13.9. The minimum absolute atomic E-state index is 0.0906. The van der Waals surface area contributed by atoms with Gasteiger partial charge in [0.15, 0.2) is 0 Å². The number of rotatable bonds is 13. The molecule has 0 atom stereocenters. The summed E-state index contributed by atoms with van der Waals surface area (Å²) in [6.07, 6.45) is 5.28. The molecule has 11 nitrogen and oxygen atoms in total. The predicted molar refractivity (Wildman–Crippen MR) is 193 cm³/mol. The number of halogens is 1. The summed E-state index contributed by atoms with van der Waals surface area (Å²) in [5, 5.41) is 2.92. The van der Waals surface area contributed by atoms with Crippen LogP contribution in [-0.2, 0) is 31.4 Å². The highest BCUT2D eigenvalue weighted by Gasteiger charge is 2.45. The molecular formula is C36H48ClN6O5P. The van der Waals surface area contributed by atoms with Crippen molar-refractivity contribution in [2.24, 2.45) is 5.92 Å². The molecule has 3 saturated heterocycles. The number of benzene rings is 2. The lowest BCUT2D eigenvalue weighted by Gasteiger charge is -2.42. The number of likely N-dealkylation sites (tertiary alicyclic amines) is 1. The van der Waals surface area contributed by atoms with Gasteiger partial charge in [0.2, 0.25) is 5.91 Å². The first-order chi connectivity index (χ1) is 23.7. The molecule has 7 rings (SSSR count). The van der Waals surface area contributed by atoms with Crippen molar-refractivity contribution in [2.75, 3.05) is 82.1 Å². The Morgan fingerprint density at radius 2 is 1.76 bits per heavy atom. The Bertz CT molecular complexity index is 1710. The molecule has 0 aliphatic carbocycles. The van der Waals surface area contributed by atoms with Crippen LogP contribution in [-0.4, -0.2) is 104 Å². The molecule has 0 N–H and O–H groups in total. The van der Waals surface area contributed by atoms with Gasteiger partial charge in [0.05, 0.1) is 36.0 Å². The standard InChI is InChI=1S/C36H48ClN6O5P/c1-4-47-49(45,48-5-2)24-32(44)42-21-26(22-42)20-40(3)34-28-14-19-41(31-13-7-11-27-10-6-12-29(37)33(27)31)23-30(28)38-35(39-34)46-25-36-15-8-17-43(36)18-9-16-36/h6-7,10-13,26H,4-5,8-9,14-25H2,1-3H3. The molecule has 4 aliphatic heterocycles. The van der Waals surface area contributed by atoms with Gasteiger partial charge in [-0.25, -0.2) is 0 Å². The lowest BCUT2D eigenvalue weighted by atomic mass is 9.95. The van der Waals surface area contributed by atoms with Gasteiger partial charge >= 0.3 is 13.6 Å². The first-order valence-electron chi connectivity index (χ1n) is 17.8. The Morgan fingerprint density at radius 3 is 2.47 bits per heavy atom. The van der Waals surface area contributed by atoms with Crippen LogP contribution in [0.3, 0.4) is 0 Å². The van der Waals surface area contributed by atoms with Crippen molar-refractivity contribution in [3.63, 3.8) is 0 Å². The van der Waals surface area contributed by atoms with Crippen molar-refractivity contribution in [2.45, 2.75) is 58.0 Å². The van der Waals surface area contributed by atoms with Crippen LogP contribution < -0.4 is 14.5 Å². The summed E-state index contributed by atoms with van der Waals surface area (Å²) >= 11 is 6.74. The third kappa shape index (κ3) is 7.02. The topological polar surface area (TPSA) is 101 Å². The van der Waals surface area contributed by atoms with Gasteiger partial charge in [-0.05, 0) is 76.6 Å². The number of anilines is 2. The molecule has 0 radical (unpaired) electrons. The van der Waals surface area contributed by atoms with Crippen LogP contribution in [0.4, 0.5) is 11.5 Å². The maximum atomic E-state index is 13.0. The van der Waals surface area contributed by atoms with E-state index in [1.54, 1.807) is 18.7 Å². The summed E-state index contributed by atoms with van der Waals surface area (Å²) in [5.74, 6) is 0.953. The lowest BCUT2D eigenvalue weighted by Crippen LogP contribution is -2.54. The molecule has 0 saturated carbocycles. The van der Waals surface area contributed by atoms with Crippen LogP contribution in [0.15, 0.2) is 36.4 Å². The quantitative estimate of drug-likeness (QED) is 0.196. The third-order valence-electron chi connectivity index (χ3n) is 10.7. The second-order valence-corrected chi connectivity index (χ2v) is 16.4. The number of carbonyl (C=O) groups is 1. The van der Waals surface area contributed by atoms with E-state index in [0.717, 1.165) is 84.0 Å².